The van der Waals surface area contributed by atoms with E-state index in [1.54, 1.807) is 35.0 Å². The van der Waals surface area contributed by atoms with Crippen LogP contribution in [-0.4, -0.2) is 86.4 Å². The van der Waals surface area contributed by atoms with Crippen LogP contribution >= 0.6 is 22.9 Å². The van der Waals surface area contributed by atoms with Crippen molar-refractivity contribution in [1.29, 1.82) is 0 Å². The van der Waals surface area contributed by atoms with Crippen LogP contribution < -0.4 is 5.32 Å². The monoisotopic (exact) mass is 598 g/mol. The Bertz CT molecular complexity index is 1590. The van der Waals surface area contributed by atoms with Crippen molar-refractivity contribution in [2.24, 2.45) is 0 Å². The molecule has 0 unspecified atom stereocenters. The number of nitrogens with one attached hydrogen (secondary N) is 1. The number of carbonyl (C=O) groups is 3. The summed E-state index contributed by atoms with van der Waals surface area (Å²) >= 11 is 7.44. The van der Waals surface area contributed by atoms with Crippen molar-refractivity contribution in [3.8, 4) is 10.6 Å². The third-order valence-electron chi connectivity index (χ3n) is 7.21. The summed E-state index contributed by atoms with van der Waals surface area (Å²) in [4.78, 5) is 42.0. The van der Waals surface area contributed by atoms with Gasteiger partial charge < -0.3 is 24.7 Å². The lowest BCUT2D eigenvalue weighted by Crippen LogP contribution is -2.46. The molecule has 1 saturated heterocycles. The van der Waals surface area contributed by atoms with Crippen molar-refractivity contribution in [2.75, 3.05) is 26.7 Å². The molecule has 1 aromatic carbocycles. The van der Waals surface area contributed by atoms with Gasteiger partial charge in [-0.1, -0.05) is 16.8 Å². The van der Waals surface area contributed by atoms with E-state index in [4.69, 9.17) is 21.2 Å². The predicted octanol–water partition coefficient (Wildman–Crippen LogP) is 4.21. The van der Waals surface area contributed by atoms with Gasteiger partial charge in [0.2, 0.25) is 0 Å². The number of rotatable bonds is 9. The highest BCUT2D eigenvalue weighted by molar-refractivity contribution is 7.19. The van der Waals surface area contributed by atoms with Gasteiger partial charge in [-0.15, -0.1) is 11.3 Å². The first kappa shape index (κ1) is 28.8. The average Bonchev–Trinajstić information content (AvgIpc) is 3.67. The van der Waals surface area contributed by atoms with Crippen LogP contribution in [0.2, 0.25) is 4.34 Å². The van der Waals surface area contributed by atoms with Gasteiger partial charge in [-0.3, -0.25) is 19.1 Å². The lowest BCUT2D eigenvalue weighted by atomic mass is 10.0. The fourth-order valence-electron chi connectivity index (χ4n) is 5.01. The summed E-state index contributed by atoms with van der Waals surface area (Å²) < 4.78 is 7.81. The molecule has 1 aliphatic heterocycles. The number of likely N-dealkylation sites (N-methyl/N-ethyl adjacent to an activating group) is 1. The average molecular weight is 599 g/mol. The van der Waals surface area contributed by atoms with Crippen molar-refractivity contribution in [3.05, 3.63) is 57.7 Å². The van der Waals surface area contributed by atoms with Crippen LogP contribution in [0.5, 0.6) is 0 Å². The number of piperidine rings is 1. The summed E-state index contributed by atoms with van der Waals surface area (Å²) in [7, 11) is 1.42. The van der Waals surface area contributed by atoms with E-state index in [0.29, 0.717) is 32.7 Å². The normalized spacial score (nSPS) is 14.6. The molecule has 11 nitrogen and oxygen atoms in total. The number of carboxylic acids is 1. The maximum absolute atomic E-state index is 13.5. The van der Waals surface area contributed by atoms with Crippen LogP contribution in [0.25, 0.3) is 21.5 Å². The summed E-state index contributed by atoms with van der Waals surface area (Å²) in [6.45, 7) is 5.91. The van der Waals surface area contributed by atoms with Crippen LogP contribution in [0.4, 0.5) is 0 Å². The molecular weight excluding hydrogens is 568 g/mol. The quantitative estimate of drug-likeness (QED) is 0.293. The molecule has 5 rings (SSSR count). The van der Waals surface area contributed by atoms with Crippen molar-refractivity contribution < 1.29 is 24.0 Å². The number of thiophene rings is 1. The number of benzene rings is 1. The molecule has 0 atom stereocenters. The molecule has 4 aromatic rings. The number of halogens is 1. The zero-order valence-corrected chi connectivity index (χ0v) is 24.5. The number of amides is 2. The second-order valence-electron chi connectivity index (χ2n) is 10.5. The number of nitrogens with zero attached hydrogens (tertiary/aromatic N) is 5. The first-order valence-electron chi connectivity index (χ1n) is 13.3. The Balaban J connectivity index is 1.44. The minimum Gasteiger partial charge on any atom is -0.480 e. The number of aliphatic carboxylic acids is 1. The smallest absolute Gasteiger partial charge is 0.323 e. The highest BCUT2D eigenvalue weighted by Gasteiger charge is 2.26. The van der Waals surface area contributed by atoms with Gasteiger partial charge in [0.15, 0.2) is 11.5 Å². The maximum Gasteiger partial charge on any atom is 0.323 e. The predicted molar refractivity (Wildman–Crippen MR) is 155 cm³/mol. The van der Waals surface area contributed by atoms with Crippen LogP contribution in [0.1, 0.15) is 53.2 Å². The number of fused-ring (bicyclic) bond motifs is 1. The van der Waals surface area contributed by atoms with Gasteiger partial charge in [-0.25, -0.2) is 0 Å². The zero-order chi connectivity index (χ0) is 29.3. The van der Waals surface area contributed by atoms with Gasteiger partial charge >= 0.3 is 5.97 Å². The summed E-state index contributed by atoms with van der Waals surface area (Å²) in [5.74, 6) is -1.33. The molecule has 1 aliphatic rings. The van der Waals surface area contributed by atoms with Crippen LogP contribution in [0.15, 0.2) is 40.9 Å². The topological polar surface area (TPSA) is 134 Å². The summed E-state index contributed by atoms with van der Waals surface area (Å²) in [5, 5.41) is 21.6. The lowest BCUT2D eigenvalue weighted by Gasteiger charge is -2.34. The molecule has 0 spiro atoms. The second kappa shape index (κ2) is 12.0. The van der Waals surface area contributed by atoms with Gasteiger partial charge in [0, 0.05) is 49.2 Å². The number of likely N-dealkylation sites (tertiary alicyclic amines) is 1. The Morgan fingerprint density at radius 1 is 1.20 bits per heavy atom. The molecule has 2 N–H and O–H groups in total. The number of hydrogen-bond acceptors (Lipinski definition) is 8. The molecule has 3 aromatic heterocycles. The molecule has 0 bridgehead atoms. The number of carboxylic acid groups (broad SMARTS) is 1. The van der Waals surface area contributed by atoms with Crippen molar-refractivity contribution >= 4 is 51.6 Å². The lowest BCUT2D eigenvalue weighted by molar-refractivity contribution is -0.137. The largest absolute Gasteiger partial charge is 0.480 e. The van der Waals surface area contributed by atoms with E-state index in [0.717, 1.165) is 35.7 Å². The summed E-state index contributed by atoms with van der Waals surface area (Å²) in [6, 6.07) is 10.8. The standard InChI is InChI=1S/C28H31ClN6O5S/c1-16(2)34-10-8-18(9-11-34)30-27(38)26-20-12-17(28(39)33(3)15-25(36)37)4-5-21(20)35(31-26)14-19-13-22(40-32-19)23-6-7-24(29)41-23/h4-7,12-13,16,18H,8-11,14-15H2,1-3H3,(H,30,38)(H,36,37). The van der Waals surface area contributed by atoms with Crippen LogP contribution in [0, 0.1) is 0 Å². The molecule has 216 valence electrons. The molecule has 2 amide bonds. The fourth-order valence-corrected chi connectivity index (χ4v) is 6.00. The number of carbonyl (C=O) groups excluding carboxylic acids is 2. The van der Waals surface area contributed by atoms with E-state index in [1.807, 2.05) is 6.07 Å². The Morgan fingerprint density at radius 3 is 2.61 bits per heavy atom. The fraction of sp³-hybridized carbons (Fsp3) is 0.393. The number of aromatic nitrogens is 3. The molecule has 0 saturated carbocycles. The van der Waals surface area contributed by atoms with E-state index >= 15 is 0 Å². The summed E-state index contributed by atoms with van der Waals surface area (Å²) in [6.07, 6.45) is 1.67. The molecule has 13 heteroatoms. The van der Waals surface area contributed by atoms with E-state index in [1.165, 1.54) is 18.4 Å². The zero-order valence-electron chi connectivity index (χ0n) is 23.0. The van der Waals surface area contributed by atoms with Gasteiger partial charge in [0.05, 0.1) is 21.3 Å². The maximum atomic E-state index is 13.5. The first-order chi connectivity index (χ1) is 19.6. The van der Waals surface area contributed by atoms with Crippen molar-refractivity contribution in [1.82, 2.24) is 30.1 Å². The number of hydrogen-bond donors (Lipinski definition) is 2. The van der Waals surface area contributed by atoms with Crippen LogP contribution in [0.3, 0.4) is 0 Å². The molecule has 41 heavy (non-hydrogen) atoms. The Hall–Kier alpha value is -3.74. The van der Waals surface area contributed by atoms with E-state index < -0.39 is 18.4 Å². The van der Waals surface area contributed by atoms with Gasteiger partial charge in [0.25, 0.3) is 11.8 Å². The molecular formula is C28H31ClN6O5S. The van der Waals surface area contributed by atoms with E-state index in [-0.39, 0.29) is 29.8 Å². The molecule has 0 aliphatic carbocycles. The van der Waals surface area contributed by atoms with Crippen molar-refractivity contribution in [3.63, 3.8) is 0 Å². The Morgan fingerprint density at radius 2 is 1.95 bits per heavy atom. The van der Waals surface area contributed by atoms with Crippen LogP contribution in [-0.2, 0) is 11.3 Å². The Labute approximate surface area is 245 Å². The SMILES string of the molecule is CC(C)N1CCC(NC(=O)c2nn(Cc3cc(-c4ccc(Cl)s4)on3)c3ccc(C(=O)N(C)CC(=O)O)cc23)CC1. The third kappa shape index (κ3) is 6.45. The van der Waals surface area contributed by atoms with E-state index in [9.17, 15) is 14.4 Å². The molecule has 1 fully saturated rings. The molecule has 0 radical (unpaired) electrons. The second-order valence-corrected chi connectivity index (χ2v) is 12.2. The Kier molecular flexibility index (Phi) is 8.43. The van der Waals surface area contributed by atoms with Gasteiger partial charge in [0.1, 0.15) is 12.2 Å². The van der Waals surface area contributed by atoms with Gasteiger partial charge in [-0.2, -0.15) is 5.10 Å². The van der Waals surface area contributed by atoms with Gasteiger partial charge in [-0.05, 0) is 57.0 Å². The summed E-state index contributed by atoms with van der Waals surface area (Å²) in [5.41, 5.74) is 1.68. The first-order valence-corrected chi connectivity index (χ1v) is 14.5. The third-order valence-corrected chi connectivity index (χ3v) is 8.46. The highest BCUT2D eigenvalue weighted by atomic mass is 35.5. The minimum absolute atomic E-state index is 0.0138. The van der Waals surface area contributed by atoms with Crippen molar-refractivity contribution in [2.45, 2.75) is 45.3 Å². The molecule has 4 heterocycles. The highest BCUT2D eigenvalue weighted by Crippen LogP contribution is 2.32. The van der Waals surface area contributed by atoms with E-state index in [2.05, 4.69) is 34.3 Å². The minimum atomic E-state index is -1.12.